The van der Waals surface area contributed by atoms with E-state index in [4.69, 9.17) is 0 Å². The summed E-state index contributed by atoms with van der Waals surface area (Å²) in [6, 6.07) is 1.77. The number of rotatable bonds is 2. The number of carbonyl (C=O) groups excluding carboxylic acids is 1. The van der Waals surface area contributed by atoms with Crippen LogP contribution in [-0.2, 0) is 4.74 Å². The molecule has 0 bridgehead atoms. The summed E-state index contributed by atoms with van der Waals surface area (Å²) < 4.78 is 5.51. The van der Waals surface area contributed by atoms with Gasteiger partial charge in [-0.05, 0) is 41.3 Å². The molecule has 17 heavy (non-hydrogen) atoms. The van der Waals surface area contributed by atoms with Gasteiger partial charge in [0.2, 0.25) is 0 Å². The van der Waals surface area contributed by atoms with Crippen molar-refractivity contribution in [3.8, 4) is 0 Å². The van der Waals surface area contributed by atoms with Crippen LogP contribution in [0.25, 0.3) is 0 Å². The lowest BCUT2D eigenvalue weighted by Crippen LogP contribution is -2.30. The predicted molar refractivity (Wildman–Crippen MR) is 69.3 cm³/mol. The third-order valence-corrected chi connectivity index (χ3v) is 3.48. The van der Waals surface area contributed by atoms with Crippen molar-refractivity contribution in [3.05, 3.63) is 22.3 Å². The summed E-state index contributed by atoms with van der Waals surface area (Å²) in [6.45, 7) is 2.06. The normalized spacial score (nSPS) is 15.8. The van der Waals surface area contributed by atoms with Gasteiger partial charge in [-0.2, -0.15) is 0 Å². The minimum atomic E-state index is -0.358. The van der Waals surface area contributed by atoms with E-state index in [9.17, 15) is 4.79 Å². The zero-order valence-electron chi connectivity index (χ0n) is 9.78. The standard InChI is InChI=1S/C12H15BrN2O2/c1-17-12(16)9-7-10(13)11(14-8-9)15-5-3-2-4-6-15/h7-8H,2-6H2,1H3. The van der Waals surface area contributed by atoms with Gasteiger partial charge >= 0.3 is 5.97 Å². The fraction of sp³-hybridized carbons (Fsp3) is 0.500. The topological polar surface area (TPSA) is 42.4 Å². The zero-order chi connectivity index (χ0) is 12.3. The van der Waals surface area contributed by atoms with Gasteiger partial charge in [-0.15, -0.1) is 0 Å². The monoisotopic (exact) mass is 298 g/mol. The third-order valence-electron chi connectivity index (χ3n) is 2.90. The van der Waals surface area contributed by atoms with Crippen molar-refractivity contribution in [1.29, 1.82) is 0 Å². The zero-order valence-corrected chi connectivity index (χ0v) is 11.4. The second-order valence-corrected chi connectivity index (χ2v) is 4.92. The number of hydrogen-bond acceptors (Lipinski definition) is 4. The molecule has 0 N–H and O–H groups in total. The van der Waals surface area contributed by atoms with Gasteiger partial charge in [-0.3, -0.25) is 0 Å². The Hall–Kier alpha value is -1.10. The number of piperidine rings is 1. The van der Waals surface area contributed by atoms with Crippen molar-refractivity contribution < 1.29 is 9.53 Å². The molecular formula is C12H15BrN2O2. The van der Waals surface area contributed by atoms with Crippen LogP contribution in [0.15, 0.2) is 16.7 Å². The third kappa shape index (κ3) is 2.77. The molecule has 2 heterocycles. The molecule has 5 heteroatoms. The van der Waals surface area contributed by atoms with Crippen LogP contribution in [0.3, 0.4) is 0 Å². The van der Waals surface area contributed by atoms with Crippen molar-refractivity contribution in [2.45, 2.75) is 19.3 Å². The van der Waals surface area contributed by atoms with E-state index in [-0.39, 0.29) is 5.97 Å². The minimum absolute atomic E-state index is 0.358. The van der Waals surface area contributed by atoms with Gasteiger partial charge in [-0.1, -0.05) is 0 Å². The number of methoxy groups -OCH3 is 1. The van der Waals surface area contributed by atoms with E-state index >= 15 is 0 Å². The molecule has 2 rings (SSSR count). The first-order chi connectivity index (χ1) is 8.22. The second-order valence-electron chi connectivity index (χ2n) is 4.07. The molecule has 92 valence electrons. The smallest absolute Gasteiger partial charge is 0.339 e. The Morgan fingerprint density at radius 2 is 2.12 bits per heavy atom. The molecule has 1 saturated heterocycles. The van der Waals surface area contributed by atoms with E-state index in [1.807, 2.05) is 0 Å². The quantitative estimate of drug-likeness (QED) is 0.787. The number of pyridine rings is 1. The number of esters is 1. The maximum absolute atomic E-state index is 11.4. The second kappa shape index (κ2) is 5.49. The summed E-state index contributed by atoms with van der Waals surface area (Å²) >= 11 is 3.47. The summed E-state index contributed by atoms with van der Waals surface area (Å²) in [5.74, 6) is 0.556. The maximum atomic E-state index is 11.4. The number of carbonyl (C=O) groups is 1. The molecule has 0 aromatic carbocycles. The fourth-order valence-electron chi connectivity index (χ4n) is 2.00. The molecule has 4 nitrogen and oxygen atoms in total. The number of halogens is 1. The van der Waals surface area contributed by atoms with Gasteiger partial charge in [-0.25, -0.2) is 9.78 Å². The largest absolute Gasteiger partial charge is 0.465 e. The van der Waals surface area contributed by atoms with E-state index in [2.05, 4.69) is 30.6 Å². The van der Waals surface area contributed by atoms with Crippen molar-refractivity contribution in [2.24, 2.45) is 0 Å². The summed E-state index contributed by atoms with van der Waals surface area (Å²) in [7, 11) is 1.37. The van der Waals surface area contributed by atoms with Crippen molar-refractivity contribution in [3.63, 3.8) is 0 Å². The highest BCUT2D eigenvalue weighted by molar-refractivity contribution is 9.10. The molecule has 1 aliphatic rings. The lowest BCUT2D eigenvalue weighted by atomic mass is 10.1. The molecule has 0 atom stereocenters. The van der Waals surface area contributed by atoms with E-state index in [0.29, 0.717) is 5.56 Å². The lowest BCUT2D eigenvalue weighted by Gasteiger charge is -2.28. The molecule has 0 saturated carbocycles. The van der Waals surface area contributed by atoms with Crippen LogP contribution in [0.1, 0.15) is 29.6 Å². The van der Waals surface area contributed by atoms with E-state index < -0.39 is 0 Å². The van der Waals surface area contributed by atoms with Gasteiger partial charge < -0.3 is 9.64 Å². The summed E-state index contributed by atoms with van der Waals surface area (Å²) in [5.41, 5.74) is 0.472. The van der Waals surface area contributed by atoms with Crippen LogP contribution in [0.5, 0.6) is 0 Å². The number of anilines is 1. The molecule has 0 radical (unpaired) electrons. The maximum Gasteiger partial charge on any atom is 0.339 e. The molecule has 1 aliphatic heterocycles. The predicted octanol–water partition coefficient (Wildman–Crippen LogP) is 2.62. The van der Waals surface area contributed by atoms with E-state index in [1.165, 1.54) is 26.4 Å². The number of nitrogens with zero attached hydrogens (tertiary/aromatic N) is 2. The summed E-state index contributed by atoms with van der Waals surface area (Å²) in [6.07, 6.45) is 5.26. The molecule has 0 amide bonds. The van der Waals surface area contributed by atoms with Crippen LogP contribution in [0, 0.1) is 0 Å². The Balaban J connectivity index is 2.21. The Morgan fingerprint density at radius 1 is 1.41 bits per heavy atom. The molecule has 0 aliphatic carbocycles. The molecule has 0 unspecified atom stereocenters. The van der Waals surface area contributed by atoms with Gasteiger partial charge in [0.25, 0.3) is 0 Å². The first kappa shape index (κ1) is 12.4. The number of ether oxygens (including phenoxy) is 1. The van der Waals surface area contributed by atoms with Crippen molar-refractivity contribution in [2.75, 3.05) is 25.1 Å². The first-order valence-electron chi connectivity index (χ1n) is 5.71. The molecule has 1 aromatic rings. The van der Waals surface area contributed by atoms with Gasteiger partial charge in [0.1, 0.15) is 5.82 Å². The Labute approximate surface area is 109 Å². The molecular weight excluding hydrogens is 284 g/mol. The average molecular weight is 299 g/mol. The lowest BCUT2D eigenvalue weighted by molar-refractivity contribution is 0.0600. The Kier molecular flexibility index (Phi) is 3.99. The molecule has 1 fully saturated rings. The summed E-state index contributed by atoms with van der Waals surface area (Å²) in [5, 5.41) is 0. The minimum Gasteiger partial charge on any atom is -0.465 e. The van der Waals surface area contributed by atoms with Crippen LogP contribution < -0.4 is 4.90 Å². The van der Waals surface area contributed by atoms with E-state index in [0.717, 1.165) is 23.4 Å². The Bertz CT molecular complexity index is 417. The van der Waals surface area contributed by atoms with Crippen LogP contribution in [-0.4, -0.2) is 31.2 Å². The molecule has 0 spiro atoms. The average Bonchev–Trinajstić information content (AvgIpc) is 2.38. The molecule has 1 aromatic heterocycles. The summed E-state index contributed by atoms with van der Waals surface area (Å²) in [4.78, 5) is 18.0. The highest BCUT2D eigenvalue weighted by atomic mass is 79.9. The number of hydrogen-bond donors (Lipinski definition) is 0. The van der Waals surface area contributed by atoms with E-state index in [1.54, 1.807) is 12.3 Å². The van der Waals surface area contributed by atoms with Crippen LogP contribution in [0.4, 0.5) is 5.82 Å². The Morgan fingerprint density at radius 3 is 2.71 bits per heavy atom. The highest BCUT2D eigenvalue weighted by Gasteiger charge is 2.16. The SMILES string of the molecule is COC(=O)c1cnc(N2CCCCC2)c(Br)c1. The fourth-order valence-corrected chi connectivity index (χ4v) is 2.60. The van der Waals surface area contributed by atoms with Crippen molar-refractivity contribution in [1.82, 2.24) is 4.98 Å². The van der Waals surface area contributed by atoms with Gasteiger partial charge in [0.15, 0.2) is 0 Å². The van der Waals surface area contributed by atoms with Crippen molar-refractivity contribution >= 4 is 27.7 Å². The number of aromatic nitrogens is 1. The van der Waals surface area contributed by atoms with Crippen LogP contribution >= 0.6 is 15.9 Å². The van der Waals surface area contributed by atoms with Gasteiger partial charge in [0, 0.05) is 19.3 Å². The first-order valence-corrected chi connectivity index (χ1v) is 6.50. The highest BCUT2D eigenvalue weighted by Crippen LogP contribution is 2.27. The van der Waals surface area contributed by atoms with Crippen LogP contribution in [0.2, 0.25) is 0 Å². The van der Waals surface area contributed by atoms with Gasteiger partial charge in [0.05, 0.1) is 17.1 Å².